The van der Waals surface area contributed by atoms with Gasteiger partial charge < -0.3 is 5.11 Å². The molecule has 3 rings (SSSR count). The lowest BCUT2D eigenvalue weighted by Crippen LogP contribution is -2.33. The second-order valence-electron chi connectivity index (χ2n) is 4.99. The number of nitrogens with zero attached hydrogens (tertiary/aromatic N) is 1. The largest absolute Gasteiger partial charge is 0.480 e. The number of carboxylic acids is 1. The van der Waals surface area contributed by atoms with Crippen LogP contribution in [0.25, 0.3) is 16.5 Å². The van der Waals surface area contributed by atoms with Gasteiger partial charge in [-0.25, -0.2) is 0 Å². The van der Waals surface area contributed by atoms with Crippen LogP contribution in [-0.4, -0.2) is 32.7 Å². The molecule has 1 aliphatic heterocycles. The van der Waals surface area contributed by atoms with Crippen molar-refractivity contribution in [3.8, 4) is 10.4 Å². The average Bonchev–Trinajstić information content (AvgIpc) is 3.11. The number of aliphatic carboxylic acids is 1. The molecule has 0 saturated carbocycles. The highest BCUT2D eigenvalue weighted by atomic mass is 35.5. The maximum atomic E-state index is 12.3. The van der Waals surface area contributed by atoms with E-state index in [0.29, 0.717) is 15.0 Å². The van der Waals surface area contributed by atoms with Crippen molar-refractivity contribution in [3.63, 3.8) is 0 Å². The second-order valence-corrected chi connectivity index (χ2v) is 8.60. The predicted molar refractivity (Wildman–Crippen MR) is 107 cm³/mol. The summed E-state index contributed by atoms with van der Waals surface area (Å²) in [6.07, 6.45) is 1.72. The smallest absolute Gasteiger partial charge is 0.323 e. The number of thiocarbonyl (C=S) groups is 1. The molecule has 0 atom stereocenters. The summed E-state index contributed by atoms with van der Waals surface area (Å²) in [5, 5.41) is 9.82. The highest BCUT2D eigenvalue weighted by molar-refractivity contribution is 8.26. The number of carboxylic acid groups (broad SMARTS) is 1. The fraction of sp³-hybridized carbons (Fsp3) is 0.0625. The molecule has 0 aliphatic carbocycles. The van der Waals surface area contributed by atoms with E-state index in [1.165, 1.54) is 11.3 Å². The Morgan fingerprint density at radius 2 is 2.00 bits per heavy atom. The van der Waals surface area contributed by atoms with Gasteiger partial charge in [0.25, 0.3) is 5.91 Å². The summed E-state index contributed by atoms with van der Waals surface area (Å²) in [4.78, 5) is 26.4. The molecule has 4 nitrogen and oxygen atoms in total. The molecule has 128 valence electrons. The molecule has 1 fully saturated rings. The number of carbonyl (C=O) groups is 2. The normalized spacial score (nSPS) is 16.1. The van der Waals surface area contributed by atoms with Crippen LogP contribution >= 0.6 is 58.5 Å². The molecule has 2 aromatic rings. The summed E-state index contributed by atoms with van der Waals surface area (Å²) in [6.45, 7) is -0.430. The minimum absolute atomic E-state index is 0.250. The van der Waals surface area contributed by atoms with Crippen LogP contribution in [0, 0.1) is 0 Å². The van der Waals surface area contributed by atoms with Crippen LogP contribution in [0.3, 0.4) is 0 Å². The average molecular weight is 430 g/mol. The quantitative estimate of drug-likeness (QED) is 0.546. The highest BCUT2D eigenvalue weighted by Crippen LogP contribution is 2.36. The number of hydrogen-bond donors (Lipinski definition) is 1. The molecule has 0 radical (unpaired) electrons. The first-order chi connectivity index (χ1) is 11.8. The van der Waals surface area contributed by atoms with Crippen molar-refractivity contribution < 1.29 is 14.7 Å². The van der Waals surface area contributed by atoms with Gasteiger partial charge in [-0.1, -0.05) is 53.2 Å². The van der Waals surface area contributed by atoms with Gasteiger partial charge in [-0.05, 0) is 35.9 Å². The Hall–Kier alpha value is -1.38. The van der Waals surface area contributed by atoms with Gasteiger partial charge in [0.1, 0.15) is 10.9 Å². The molecule has 0 spiro atoms. The molecule has 0 bridgehead atoms. The van der Waals surface area contributed by atoms with Crippen LogP contribution in [0.4, 0.5) is 0 Å². The lowest BCUT2D eigenvalue weighted by atomic mass is 10.2. The van der Waals surface area contributed by atoms with Gasteiger partial charge in [-0.15, -0.1) is 11.3 Å². The molecular formula is C16H9Cl2NO3S3. The van der Waals surface area contributed by atoms with Crippen LogP contribution < -0.4 is 0 Å². The third kappa shape index (κ3) is 4.07. The SMILES string of the molecule is O=C(O)CN1C(=O)C(=Cc2ccc(-c3ccc(Cl)c(Cl)c3)s2)SC1=S. The van der Waals surface area contributed by atoms with Gasteiger partial charge >= 0.3 is 5.97 Å². The van der Waals surface area contributed by atoms with Crippen molar-refractivity contribution in [1.29, 1.82) is 0 Å². The monoisotopic (exact) mass is 429 g/mol. The molecule has 1 saturated heterocycles. The second kappa shape index (κ2) is 7.47. The van der Waals surface area contributed by atoms with E-state index in [0.717, 1.165) is 32.0 Å². The number of thiophene rings is 1. The Balaban J connectivity index is 1.84. The summed E-state index contributed by atoms with van der Waals surface area (Å²) in [6, 6.07) is 9.19. The summed E-state index contributed by atoms with van der Waals surface area (Å²) >= 11 is 19.6. The summed E-state index contributed by atoms with van der Waals surface area (Å²) in [5.74, 6) is -1.49. The first-order valence-electron chi connectivity index (χ1n) is 6.87. The third-order valence-electron chi connectivity index (χ3n) is 3.27. The summed E-state index contributed by atoms with van der Waals surface area (Å²) in [5.41, 5.74) is 0.928. The lowest BCUT2D eigenvalue weighted by Gasteiger charge is -2.09. The van der Waals surface area contributed by atoms with Crippen molar-refractivity contribution in [2.75, 3.05) is 6.54 Å². The fourth-order valence-corrected chi connectivity index (χ4v) is 4.70. The predicted octanol–water partition coefficient (Wildman–Crippen LogP) is 5.01. The van der Waals surface area contributed by atoms with Crippen molar-refractivity contribution in [3.05, 3.63) is 50.2 Å². The Labute approximate surface area is 167 Å². The van der Waals surface area contributed by atoms with E-state index in [-0.39, 0.29) is 10.2 Å². The lowest BCUT2D eigenvalue weighted by molar-refractivity contribution is -0.140. The van der Waals surface area contributed by atoms with Gasteiger partial charge in [0.05, 0.1) is 15.0 Å². The van der Waals surface area contributed by atoms with Crippen molar-refractivity contribution in [2.45, 2.75) is 0 Å². The van der Waals surface area contributed by atoms with Gasteiger partial charge in [0.2, 0.25) is 0 Å². The molecule has 25 heavy (non-hydrogen) atoms. The minimum Gasteiger partial charge on any atom is -0.480 e. The molecule has 1 N–H and O–H groups in total. The van der Waals surface area contributed by atoms with Gasteiger partial charge in [-0.3, -0.25) is 14.5 Å². The first kappa shape index (κ1) is 18.4. The molecule has 1 aliphatic rings. The highest BCUT2D eigenvalue weighted by Gasteiger charge is 2.33. The Bertz CT molecular complexity index is 923. The Morgan fingerprint density at radius 3 is 2.68 bits per heavy atom. The number of halogens is 2. The van der Waals surface area contributed by atoms with Crippen molar-refractivity contribution >= 4 is 80.8 Å². The van der Waals surface area contributed by atoms with Crippen LogP contribution in [0.15, 0.2) is 35.2 Å². The third-order valence-corrected chi connectivity index (χ3v) is 6.47. The molecule has 2 heterocycles. The summed E-state index contributed by atoms with van der Waals surface area (Å²) in [7, 11) is 0. The Morgan fingerprint density at radius 1 is 1.24 bits per heavy atom. The van der Waals surface area contributed by atoms with Gasteiger partial charge in [0, 0.05) is 9.75 Å². The van der Waals surface area contributed by atoms with Crippen LogP contribution in [-0.2, 0) is 9.59 Å². The van der Waals surface area contributed by atoms with Crippen molar-refractivity contribution in [2.24, 2.45) is 0 Å². The number of benzene rings is 1. The molecule has 1 aromatic carbocycles. The van der Waals surface area contributed by atoms with E-state index < -0.39 is 12.5 Å². The molecule has 1 aromatic heterocycles. The van der Waals surface area contributed by atoms with Gasteiger partial charge in [0.15, 0.2) is 0 Å². The van der Waals surface area contributed by atoms with E-state index in [1.807, 2.05) is 18.2 Å². The molecule has 0 unspecified atom stereocenters. The van der Waals surface area contributed by atoms with Crippen molar-refractivity contribution in [1.82, 2.24) is 4.90 Å². The van der Waals surface area contributed by atoms with E-state index in [9.17, 15) is 9.59 Å². The zero-order valence-electron chi connectivity index (χ0n) is 12.4. The molecule has 9 heteroatoms. The van der Waals surface area contributed by atoms with E-state index in [4.69, 9.17) is 40.5 Å². The first-order valence-corrected chi connectivity index (χ1v) is 9.67. The van der Waals surface area contributed by atoms with Gasteiger partial charge in [-0.2, -0.15) is 0 Å². The zero-order chi connectivity index (χ0) is 18.1. The molecular weight excluding hydrogens is 421 g/mol. The van der Waals surface area contributed by atoms with Crippen LogP contribution in [0.2, 0.25) is 10.0 Å². The fourth-order valence-electron chi connectivity index (χ4n) is 2.14. The number of hydrogen-bond acceptors (Lipinski definition) is 5. The number of amides is 1. The topological polar surface area (TPSA) is 57.6 Å². The van der Waals surface area contributed by atoms with E-state index in [1.54, 1.807) is 18.2 Å². The maximum Gasteiger partial charge on any atom is 0.323 e. The van der Waals surface area contributed by atoms with E-state index >= 15 is 0 Å². The van der Waals surface area contributed by atoms with Crippen LogP contribution in [0.5, 0.6) is 0 Å². The maximum absolute atomic E-state index is 12.3. The molecule has 1 amide bonds. The minimum atomic E-state index is -1.10. The number of rotatable bonds is 4. The zero-order valence-corrected chi connectivity index (χ0v) is 16.3. The van der Waals surface area contributed by atoms with E-state index in [2.05, 4.69) is 0 Å². The standard InChI is InChI=1S/C16H9Cl2NO3S3/c17-10-3-1-8(5-11(10)18)12-4-2-9(24-12)6-13-15(22)19(7-14(20)21)16(23)25-13/h1-6H,7H2,(H,20,21). The van der Waals surface area contributed by atoms with Crippen LogP contribution in [0.1, 0.15) is 4.88 Å². The summed E-state index contributed by atoms with van der Waals surface area (Å²) < 4.78 is 0.250. The number of thioether (sulfide) groups is 1. The number of carbonyl (C=O) groups excluding carboxylic acids is 1. The Kier molecular flexibility index (Phi) is 5.50.